The number of nitrogens with zero attached hydrogens (tertiary/aromatic N) is 1. The number of allylic oxidation sites excluding steroid dienone is 1. The largest absolute Gasteiger partial charge is 0.397 e. The third-order valence-electron chi connectivity index (χ3n) is 2.52. The minimum Gasteiger partial charge on any atom is -0.397 e. The highest BCUT2D eigenvalue weighted by molar-refractivity contribution is 9.10. The molecular formula is C13H15BrN2. The van der Waals surface area contributed by atoms with Crippen molar-refractivity contribution in [3.05, 3.63) is 39.4 Å². The number of benzene rings is 1. The zero-order valence-electron chi connectivity index (χ0n) is 9.55. The minimum atomic E-state index is 0.600. The van der Waals surface area contributed by atoms with Crippen molar-refractivity contribution in [2.24, 2.45) is 5.73 Å². The van der Waals surface area contributed by atoms with Gasteiger partial charge in [-0.15, -0.1) is 0 Å². The third-order valence-corrected chi connectivity index (χ3v) is 3.38. The second kappa shape index (κ2) is 5.72. The maximum Gasteiger partial charge on any atom is 0.0968 e. The van der Waals surface area contributed by atoms with Gasteiger partial charge >= 0.3 is 0 Å². The first-order valence-electron chi connectivity index (χ1n) is 5.26. The van der Waals surface area contributed by atoms with E-state index in [2.05, 4.69) is 22.0 Å². The Morgan fingerprint density at radius 1 is 1.50 bits per heavy atom. The van der Waals surface area contributed by atoms with E-state index >= 15 is 0 Å². The van der Waals surface area contributed by atoms with Crippen molar-refractivity contribution in [1.82, 2.24) is 0 Å². The third kappa shape index (κ3) is 2.65. The van der Waals surface area contributed by atoms with E-state index in [0.717, 1.165) is 28.4 Å². The highest BCUT2D eigenvalue weighted by Crippen LogP contribution is 2.25. The van der Waals surface area contributed by atoms with Crippen LogP contribution >= 0.6 is 15.9 Å². The van der Waals surface area contributed by atoms with Crippen LogP contribution in [0.5, 0.6) is 0 Å². The Morgan fingerprint density at radius 2 is 2.19 bits per heavy atom. The van der Waals surface area contributed by atoms with Gasteiger partial charge in [-0.1, -0.05) is 41.4 Å². The fourth-order valence-electron chi connectivity index (χ4n) is 1.56. The number of rotatable bonds is 3. The molecule has 1 aromatic rings. The molecule has 2 nitrogen and oxygen atoms in total. The number of hydrogen-bond acceptors (Lipinski definition) is 2. The molecule has 0 aliphatic carbocycles. The first kappa shape index (κ1) is 12.8. The molecule has 0 saturated heterocycles. The zero-order valence-corrected chi connectivity index (χ0v) is 11.1. The van der Waals surface area contributed by atoms with E-state index in [1.807, 2.05) is 32.0 Å². The van der Waals surface area contributed by atoms with E-state index in [0.29, 0.717) is 11.3 Å². The normalized spacial score (nSPS) is 11.9. The fourth-order valence-corrected chi connectivity index (χ4v) is 1.93. The number of nitriles is 1. The summed E-state index contributed by atoms with van der Waals surface area (Å²) in [7, 11) is 0. The molecule has 0 saturated carbocycles. The van der Waals surface area contributed by atoms with Gasteiger partial charge in [-0.05, 0) is 25.0 Å². The lowest BCUT2D eigenvalue weighted by Crippen LogP contribution is -2.03. The van der Waals surface area contributed by atoms with Crippen LogP contribution in [0.3, 0.4) is 0 Å². The summed E-state index contributed by atoms with van der Waals surface area (Å²) in [5.41, 5.74) is 9.33. The Bertz CT molecular complexity index is 455. The van der Waals surface area contributed by atoms with Crippen LogP contribution in [0.25, 0.3) is 5.70 Å². The van der Waals surface area contributed by atoms with Gasteiger partial charge < -0.3 is 5.73 Å². The van der Waals surface area contributed by atoms with E-state index in [4.69, 9.17) is 11.0 Å². The van der Waals surface area contributed by atoms with Gasteiger partial charge in [0, 0.05) is 10.0 Å². The van der Waals surface area contributed by atoms with Crippen LogP contribution in [0.4, 0.5) is 0 Å². The Hall–Kier alpha value is -1.27. The number of halogens is 1. The van der Waals surface area contributed by atoms with Crippen molar-refractivity contribution in [2.75, 3.05) is 0 Å². The molecule has 0 atom stereocenters. The summed E-state index contributed by atoms with van der Waals surface area (Å²) in [5, 5.41) is 9.05. The molecule has 0 bridgehead atoms. The Balaban J connectivity index is 3.28. The monoisotopic (exact) mass is 278 g/mol. The lowest BCUT2D eigenvalue weighted by molar-refractivity contribution is 0.928. The predicted molar refractivity (Wildman–Crippen MR) is 70.5 cm³/mol. The van der Waals surface area contributed by atoms with Crippen LogP contribution in [-0.4, -0.2) is 0 Å². The molecule has 84 valence electrons. The quantitative estimate of drug-likeness (QED) is 0.856. The van der Waals surface area contributed by atoms with Crippen LogP contribution in [-0.2, 0) is 0 Å². The molecule has 0 aliphatic rings. The minimum absolute atomic E-state index is 0.600. The lowest BCUT2D eigenvalue weighted by Gasteiger charge is -2.09. The fraction of sp³-hybridized carbons (Fsp3) is 0.308. The molecule has 0 amide bonds. The predicted octanol–water partition coefficient (Wildman–Crippen LogP) is 3.75. The topological polar surface area (TPSA) is 49.8 Å². The summed E-state index contributed by atoms with van der Waals surface area (Å²) >= 11 is 3.46. The van der Waals surface area contributed by atoms with Crippen LogP contribution < -0.4 is 5.73 Å². The van der Waals surface area contributed by atoms with Gasteiger partial charge in [-0.2, -0.15) is 5.26 Å². The molecule has 0 aliphatic heterocycles. The molecule has 0 unspecified atom stereocenters. The zero-order chi connectivity index (χ0) is 12.1. The van der Waals surface area contributed by atoms with E-state index in [1.54, 1.807) is 0 Å². The Kier molecular flexibility index (Phi) is 4.57. The van der Waals surface area contributed by atoms with Crippen molar-refractivity contribution < 1.29 is 0 Å². The molecular weight excluding hydrogens is 264 g/mol. The van der Waals surface area contributed by atoms with Gasteiger partial charge in [0.15, 0.2) is 0 Å². The maximum atomic E-state index is 9.05. The van der Waals surface area contributed by atoms with Crippen LogP contribution in [0.2, 0.25) is 0 Å². The Labute approximate surface area is 105 Å². The smallest absolute Gasteiger partial charge is 0.0968 e. The molecule has 0 radical (unpaired) electrons. The van der Waals surface area contributed by atoms with Crippen LogP contribution in [0.1, 0.15) is 30.9 Å². The van der Waals surface area contributed by atoms with Gasteiger partial charge in [0.2, 0.25) is 0 Å². The summed E-state index contributed by atoms with van der Waals surface area (Å²) in [6.07, 6.45) is 1.66. The highest BCUT2D eigenvalue weighted by Gasteiger charge is 2.08. The second-order valence-corrected chi connectivity index (χ2v) is 4.52. The lowest BCUT2D eigenvalue weighted by atomic mass is 10.0. The summed E-state index contributed by atoms with van der Waals surface area (Å²) < 4.78 is 1.02. The summed E-state index contributed by atoms with van der Waals surface area (Å²) in [6.45, 7) is 4.03. The van der Waals surface area contributed by atoms with E-state index in [1.165, 1.54) is 0 Å². The van der Waals surface area contributed by atoms with Gasteiger partial charge in [-0.25, -0.2) is 0 Å². The van der Waals surface area contributed by atoms with Crippen LogP contribution in [0.15, 0.2) is 28.2 Å². The van der Waals surface area contributed by atoms with Crippen molar-refractivity contribution in [2.45, 2.75) is 26.7 Å². The van der Waals surface area contributed by atoms with E-state index < -0.39 is 0 Å². The summed E-state index contributed by atoms with van der Waals surface area (Å²) in [6, 6.07) is 8.04. The van der Waals surface area contributed by atoms with Gasteiger partial charge in [-0.3, -0.25) is 0 Å². The Morgan fingerprint density at radius 3 is 2.75 bits per heavy atom. The van der Waals surface area contributed by atoms with Gasteiger partial charge in [0.25, 0.3) is 0 Å². The summed E-state index contributed by atoms with van der Waals surface area (Å²) in [4.78, 5) is 0. The van der Waals surface area contributed by atoms with Crippen molar-refractivity contribution in [3.8, 4) is 6.07 Å². The maximum absolute atomic E-state index is 9.05. The van der Waals surface area contributed by atoms with Crippen molar-refractivity contribution in [3.63, 3.8) is 0 Å². The highest BCUT2D eigenvalue weighted by atomic mass is 79.9. The SMILES string of the molecule is CCC/C(C#N)=C(/N)c1cccc(Br)c1C. The molecule has 16 heavy (non-hydrogen) atoms. The first-order valence-corrected chi connectivity index (χ1v) is 6.05. The number of nitrogens with two attached hydrogens (primary N) is 1. The molecule has 0 aromatic heterocycles. The molecule has 0 heterocycles. The van der Waals surface area contributed by atoms with Crippen LogP contribution in [0, 0.1) is 18.3 Å². The molecule has 2 N–H and O–H groups in total. The van der Waals surface area contributed by atoms with Crippen molar-refractivity contribution >= 4 is 21.6 Å². The van der Waals surface area contributed by atoms with Crippen molar-refractivity contribution in [1.29, 1.82) is 5.26 Å². The molecule has 0 spiro atoms. The van der Waals surface area contributed by atoms with Gasteiger partial charge in [0.05, 0.1) is 17.3 Å². The summed E-state index contributed by atoms with van der Waals surface area (Å²) in [5.74, 6) is 0. The molecule has 1 aromatic carbocycles. The van der Waals surface area contributed by atoms with E-state index in [9.17, 15) is 0 Å². The molecule has 0 fully saturated rings. The number of hydrogen-bond donors (Lipinski definition) is 1. The molecule has 3 heteroatoms. The van der Waals surface area contributed by atoms with Gasteiger partial charge in [0.1, 0.15) is 0 Å². The van der Waals surface area contributed by atoms with E-state index in [-0.39, 0.29) is 0 Å². The molecule has 1 rings (SSSR count). The standard InChI is InChI=1S/C13H15BrN2/c1-3-5-10(8-15)13(16)11-6-4-7-12(14)9(11)2/h4,6-7H,3,5,16H2,1-2H3/b13-10-. The average molecular weight is 279 g/mol. The average Bonchev–Trinajstić information content (AvgIpc) is 2.29. The first-order chi connectivity index (χ1) is 7.61. The second-order valence-electron chi connectivity index (χ2n) is 3.67.